The minimum Gasteiger partial charge on any atom is -0.376 e. The molecule has 1 saturated carbocycles. The molecule has 1 aliphatic rings. The number of hydrogen-bond acceptors (Lipinski definition) is 3. The lowest BCUT2D eigenvalue weighted by atomic mass is 10.2. The maximum atomic E-state index is 12.8. The molecular weight excluding hydrogens is 235 g/mol. The van der Waals surface area contributed by atoms with Crippen LogP contribution in [-0.2, 0) is 4.74 Å². The van der Waals surface area contributed by atoms with Crippen molar-refractivity contribution in [3.05, 3.63) is 29.8 Å². The molecule has 1 amide bonds. The Bertz CT molecular complexity index is 406. The van der Waals surface area contributed by atoms with E-state index >= 15 is 0 Å². The van der Waals surface area contributed by atoms with Gasteiger partial charge in [-0.2, -0.15) is 4.39 Å². The largest absolute Gasteiger partial charge is 0.376 e. The Kier molecular flexibility index (Phi) is 4.64. The summed E-state index contributed by atoms with van der Waals surface area (Å²) in [7, 11) is 0. The predicted octanol–water partition coefficient (Wildman–Crippen LogP) is 1.91. The molecule has 1 N–H and O–H groups in total. The molecule has 1 aromatic rings. The highest BCUT2D eigenvalue weighted by molar-refractivity contribution is 5.93. The van der Waals surface area contributed by atoms with E-state index in [1.54, 1.807) is 0 Å². The van der Waals surface area contributed by atoms with E-state index in [1.807, 2.05) is 0 Å². The normalized spacial score (nSPS) is 15.8. The first-order chi connectivity index (χ1) is 8.75. The van der Waals surface area contributed by atoms with E-state index in [9.17, 15) is 9.18 Å². The molecule has 0 aromatic carbocycles. The fraction of sp³-hybridized carbons (Fsp3) is 0.538. The van der Waals surface area contributed by atoms with Gasteiger partial charge in [-0.3, -0.25) is 4.79 Å². The number of aromatic nitrogens is 1. The number of nitrogens with zero attached hydrogens (tertiary/aromatic N) is 1. The highest BCUT2D eigenvalue weighted by atomic mass is 19.1. The molecule has 0 atom stereocenters. The van der Waals surface area contributed by atoms with Crippen molar-refractivity contribution >= 4 is 5.91 Å². The first-order valence-corrected chi connectivity index (χ1v) is 6.27. The lowest BCUT2D eigenvalue weighted by Crippen LogP contribution is -2.28. The van der Waals surface area contributed by atoms with Crippen LogP contribution in [0.25, 0.3) is 0 Å². The molecule has 1 heterocycles. The predicted molar refractivity (Wildman–Crippen MR) is 64.7 cm³/mol. The third-order valence-corrected chi connectivity index (χ3v) is 3.03. The van der Waals surface area contributed by atoms with E-state index in [1.165, 1.54) is 25.1 Å². The number of pyridine rings is 1. The quantitative estimate of drug-likeness (QED) is 0.643. The second kappa shape index (κ2) is 6.44. The smallest absolute Gasteiger partial charge is 0.251 e. The van der Waals surface area contributed by atoms with Crippen LogP contribution in [0, 0.1) is 5.95 Å². The maximum absolute atomic E-state index is 12.8. The molecule has 0 aliphatic heterocycles. The minimum absolute atomic E-state index is 0.281. The van der Waals surface area contributed by atoms with E-state index in [2.05, 4.69) is 10.3 Å². The van der Waals surface area contributed by atoms with Gasteiger partial charge in [0.1, 0.15) is 0 Å². The number of amides is 1. The monoisotopic (exact) mass is 252 g/mol. The zero-order valence-electron chi connectivity index (χ0n) is 10.2. The summed E-state index contributed by atoms with van der Waals surface area (Å²) in [6, 6.07) is 2.60. The Morgan fingerprint density at radius 1 is 1.50 bits per heavy atom. The molecular formula is C13H17FN2O2. The van der Waals surface area contributed by atoms with Gasteiger partial charge in [0.25, 0.3) is 5.91 Å². The van der Waals surface area contributed by atoms with Crippen molar-refractivity contribution in [2.24, 2.45) is 0 Å². The average molecular weight is 252 g/mol. The second-order valence-corrected chi connectivity index (χ2v) is 4.40. The van der Waals surface area contributed by atoms with Crippen LogP contribution in [-0.4, -0.2) is 30.1 Å². The van der Waals surface area contributed by atoms with Gasteiger partial charge in [0.2, 0.25) is 5.95 Å². The van der Waals surface area contributed by atoms with Gasteiger partial charge in [-0.15, -0.1) is 0 Å². The molecule has 4 nitrogen and oxygen atoms in total. The summed E-state index contributed by atoms with van der Waals surface area (Å²) in [6.07, 6.45) is 6.31. The Hall–Kier alpha value is -1.49. The van der Waals surface area contributed by atoms with Crippen LogP contribution in [0.4, 0.5) is 4.39 Å². The molecule has 0 saturated heterocycles. The summed E-state index contributed by atoms with van der Waals surface area (Å²) >= 11 is 0. The number of halogens is 1. The Labute approximate surface area is 106 Å². The van der Waals surface area contributed by atoms with Crippen molar-refractivity contribution in [2.75, 3.05) is 13.2 Å². The first-order valence-electron chi connectivity index (χ1n) is 6.27. The van der Waals surface area contributed by atoms with Crippen LogP contribution in [0.3, 0.4) is 0 Å². The first kappa shape index (κ1) is 13.0. The molecule has 1 aromatic heterocycles. The van der Waals surface area contributed by atoms with Crippen molar-refractivity contribution in [1.29, 1.82) is 0 Å². The van der Waals surface area contributed by atoms with Gasteiger partial charge in [-0.1, -0.05) is 12.8 Å². The molecule has 5 heteroatoms. The number of rotatable bonds is 5. The van der Waals surface area contributed by atoms with Gasteiger partial charge in [0, 0.05) is 24.4 Å². The standard InChI is InChI=1S/C13H17FN2O2/c14-12-9-10(5-6-15-12)13(17)16-7-8-18-11-3-1-2-4-11/h5-6,9,11H,1-4,7-8H2,(H,16,17). The minimum atomic E-state index is -0.648. The Morgan fingerprint density at radius 3 is 3.00 bits per heavy atom. The third kappa shape index (κ3) is 3.77. The number of hydrogen-bond donors (Lipinski definition) is 1. The van der Waals surface area contributed by atoms with Crippen molar-refractivity contribution in [1.82, 2.24) is 10.3 Å². The van der Waals surface area contributed by atoms with E-state index < -0.39 is 5.95 Å². The number of carbonyl (C=O) groups excluding carboxylic acids is 1. The summed E-state index contributed by atoms with van der Waals surface area (Å²) < 4.78 is 18.4. The summed E-state index contributed by atoms with van der Waals surface area (Å²) in [6.45, 7) is 0.948. The SMILES string of the molecule is O=C(NCCOC1CCCC1)c1ccnc(F)c1. The maximum Gasteiger partial charge on any atom is 0.251 e. The molecule has 1 fully saturated rings. The topological polar surface area (TPSA) is 51.2 Å². The van der Waals surface area contributed by atoms with Crippen LogP contribution in [0.15, 0.2) is 18.3 Å². The molecule has 18 heavy (non-hydrogen) atoms. The molecule has 0 spiro atoms. The lowest BCUT2D eigenvalue weighted by Gasteiger charge is -2.11. The van der Waals surface area contributed by atoms with Crippen LogP contribution in [0.1, 0.15) is 36.0 Å². The number of carbonyl (C=O) groups is 1. The molecule has 0 bridgehead atoms. The Morgan fingerprint density at radius 2 is 2.28 bits per heavy atom. The number of nitrogens with one attached hydrogen (secondary N) is 1. The number of ether oxygens (including phenoxy) is 1. The van der Waals surface area contributed by atoms with Gasteiger partial charge in [0.05, 0.1) is 12.7 Å². The third-order valence-electron chi connectivity index (χ3n) is 3.03. The van der Waals surface area contributed by atoms with Crippen molar-refractivity contribution in [3.8, 4) is 0 Å². The molecule has 0 radical (unpaired) electrons. The molecule has 0 unspecified atom stereocenters. The summed E-state index contributed by atoms with van der Waals surface area (Å²) in [5.74, 6) is -0.948. The van der Waals surface area contributed by atoms with Crippen LogP contribution < -0.4 is 5.32 Å². The molecule has 98 valence electrons. The van der Waals surface area contributed by atoms with Crippen molar-refractivity contribution in [2.45, 2.75) is 31.8 Å². The fourth-order valence-electron chi connectivity index (χ4n) is 2.09. The van der Waals surface area contributed by atoms with E-state index in [-0.39, 0.29) is 11.5 Å². The van der Waals surface area contributed by atoms with E-state index in [0.717, 1.165) is 18.9 Å². The van der Waals surface area contributed by atoms with Crippen molar-refractivity contribution < 1.29 is 13.9 Å². The fourth-order valence-corrected chi connectivity index (χ4v) is 2.09. The van der Waals surface area contributed by atoms with Gasteiger partial charge in [0.15, 0.2) is 0 Å². The molecule has 1 aliphatic carbocycles. The van der Waals surface area contributed by atoms with Crippen LogP contribution >= 0.6 is 0 Å². The summed E-state index contributed by atoms with van der Waals surface area (Å²) in [4.78, 5) is 15.0. The van der Waals surface area contributed by atoms with Crippen molar-refractivity contribution in [3.63, 3.8) is 0 Å². The van der Waals surface area contributed by atoms with Gasteiger partial charge >= 0.3 is 0 Å². The zero-order valence-corrected chi connectivity index (χ0v) is 10.2. The highest BCUT2D eigenvalue weighted by Crippen LogP contribution is 2.20. The Balaban J connectivity index is 1.68. The van der Waals surface area contributed by atoms with Gasteiger partial charge in [-0.05, 0) is 18.9 Å². The van der Waals surface area contributed by atoms with Crippen LogP contribution in [0.2, 0.25) is 0 Å². The summed E-state index contributed by atoms with van der Waals surface area (Å²) in [5.41, 5.74) is 0.281. The van der Waals surface area contributed by atoms with E-state index in [0.29, 0.717) is 19.3 Å². The van der Waals surface area contributed by atoms with E-state index in [4.69, 9.17) is 4.74 Å². The second-order valence-electron chi connectivity index (χ2n) is 4.40. The average Bonchev–Trinajstić information content (AvgIpc) is 2.87. The van der Waals surface area contributed by atoms with Gasteiger partial charge in [-0.25, -0.2) is 4.98 Å². The summed E-state index contributed by atoms with van der Waals surface area (Å²) in [5, 5.41) is 2.69. The lowest BCUT2D eigenvalue weighted by molar-refractivity contribution is 0.0582. The van der Waals surface area contributed by atoms with Gasteiger partial charge < -0.3 is 10.1 Å². The molecule has 2 rings (SSSR count). The zero-order chi connectivity index (χ0) is 12.8. The highest BCUT2D eigenvalue weighted by Gasteiger charge is 2.15. The van der Waals surface area contributed by atoms with Crippen LogP contribution in [0.5, 0.6) is 0 Å².